The highest BCUT2D eigenvalue weighted by Gasteiger charge is 2.42. The second-order valence-corrected chi connectivity index (χ2v) is 7.31. The first-order chi connectivity index (χ1) is 11.2. The first kappa shape index (κ1) is 16.5. The number of likely N-dealkylation sites (tertiary alicyclic amines) is 1. The zero-order chi connectivity index (χ0) is 16.1. The molecule has 0 bridgehead atoms. The molecule has 0 atom stereocenters. The standard InChI is InChI=1S/C20H30N2O/c1-2-3-4-7-12-22-13-10-20(11-14-22)15-17-8-5-6-9-18(17)16-21-19(20)23/h5-6,8-9H,2-4,7,10-16H2,1H3,(H,21,23). The molecule has 0 aromatic heterocycles. The molecule has 23 heavy (non-hydrogen) atoms. The smallest absolute Gasteiger partial charge is 0.226 e. The average Bonchev–Trinajstić information content (AvgIpc) is 2.71. The van der Waals surface area contributed by atoms with Crippen molar-refractivity contribution in [3.05, 3.63) is 35.4 Å². The van der Waals surface area contributed by atoms with E-state index in [-0.39, 0.29) is 11.3 Å². The minimum atomic E-state index is -0.174. The van der Waals surface area contributed by atoms with E-state index in [0.29, 0.717) is 6.54 Å². The number of carbonyl (C=O) groups excluding carboxylic acids is 1. The summed E-state index contributed by atoms with van der Waals surface area (Å²) in [4.78, 5) is 15.3. The number of hydrogen-bond donors (Lipinski definition) is 1. The van der Waals surface area contributed by atoms with Crippen molar-refractivity contribution < 1.29 is 4.79 Å². The average molecular weight is 314 g/mol. The SMILES string of the molecule is CCCCCCN1CCC2(CC1)Cc1ccccc1CNC2=O. The summed E-state index contributed by atoms with van der Waals surface area (Å²) in [5, 5.41) is 3.18. The molecule has 3 heteroatoms. The number of amides is 1. The minimum absolute atomic E-state index is 0.174. The Bertz CT molecular complexity index is 532. The highest BCUT2D eigenvalue weighted by molar-refractivity contribution is 5.83. The minimum Gasteiger partial charge on any atom is -0.352 e. The van der Waals surface area contributed by atoms with E-state index in [1.165, 1.54) is 43.4 Å². The topological polar surface area (TPSA) is 32.3 Å². The van der Waals surface area contributed by atoms with Crippen LogP contribution < -0.4 is 5.32 Å². The lowest BCUT2D eigenvalue weighted by Gasteiger charge is -2.40. The van der Waals surface area contributed by atoms with Gasteiger partial charge in [0.1, 0.15) is 0 Å². The molecule has 0 radical (unpaired) electrons. The molecule has 0 unspecified atom stereocenters. The summed E-state index contributed by atoms with van der Waals surface area (Å²) in [7, 11) is 0. The van der Waals surface area contributed by atoms with E-state index in [2.05, 4.69) is 41.4 Å². The number of carbonyl (C=O) groups is 1. The predicted molar refractivity (Wildman–Crippen MR) is 94.2 cm³/mol. The molecular formula is C20H30N2O. The van der Waals surface area contributed by atoms with Crippen LogP contribution in [0.1, 0.15) is 56.6 Å². The number of unbranched alkanes of at least 4 members (excludes halogenated alkanes) is 3. The molecule has 1 fully saturated rings. The van der Waals surface area contributed by atoms with E-state index in [1.54, 1.807) is 0 Å². The van der Waals surface area contributed by atoms with Gasteiger partial charge < -0.3 is 10.2 Å². The molecule has 1 aromatic carbocycles. The van der Waals surface area contributed by atoms with E-state index in [0.717, 1.165) is 32.4 Å². The third-order valence-corrected chi connectivity index (χ3v) is 5.71. The van der Waals surface area contributed by atoms with Crippen molar-refractivity contribution >= 4 is 5.91 Å². The summed E-state index contributed by atoms with van der Waals surface area (Å²) in [6.07, 6.45) is 8.20. The van der Waals surface area contributed by atoms with Crippen molar-refractivity contribution in [2.45, 2.75) is 58.4 Å². The van der Waals surface area contributed by atoms with Crippen molar-refractivity contribution in [2.75, 3.05) is 19.6 Å². The van der Waals surface area contributed by atoms with Crippen molar-refractivity contribution in [1.82, 2.24) is 10.2 Å². The fourth-order valence-electron chi connectivity index (χ4n) is 4.08. The van der Waals surface area contributed by atoms with Gasteiger partial charge in [0.2, 0.25) is 5.91 Å². The molecular weight excluding hydrogens is 284 g/mol. The molecule has 1 N–H and O–H groups in total. The molecule has 3 rings (SSSR count). The quantitative estimate of drug-likeness (QED) is 0.843. The van der Waals surface area contributed by atoms with Gasteiger partial charge in [-0.25, -0.2) is 0 Å². The van der Waals surface area contributed by atoms with Gasteiger partial charge in [-0.05, 0) is 56.4 Å². The van der Waals surface area contributed by atoms with Crippen molar-refractivity contribution in [2.24, 2.45) is 5.41 Å². The molecule has 2 aliphatic heterocycles. The number of nitrogens with zero attached hydrogens (tertiary/aromatic N) is 1. The molecule has 2 aliphatic rings. The van der Waals surface area contributed by atoms with E-state index in [4.69, 9.17) is 0 Å². The van der Waals surface area contributed by atoms with Crippen LogP contribution in [0.5, 0.6) is 0 Å². The number of piperidine rings is 1. The number of benzene rings is 1. The lowest BCUT2D eigenvalue weighted by atomic mass is 9.73. The van der Waals surface area contributed by atoms with Crippen LogP contribution in [-0.4, -0.2) is 30.4 Å². The number of hydrogen-bond acceptors (Lipinski definition) is 2. The maximum atomic E-state index is 12.7. The Labute approximate surface area is 140 Å². The van der Waals surface area contributed by atoms with Crippen LogP contribution in [0, 0.1) is 5.41 Å². The summed E-state index contributed by atoms with van der Waals surface area (Å²) in [5.41, 5.74) is 2.48. The summed E-state index contributed by atoms with van der Waals surface area (Å²) in [5.74, 6) is 0.277. The van der Waals surface area contributed by atoms with Gasteiger partial charge in [0, 0.05) is 6.54 Å². The lowest BCUT2D eigenvalue weighted by Crippen LogP contribution is -2.49. The fourth-order valence-corrected chi connectivity index (χ4v) is 4.08. The molecule has 0 aliphatic carbocycles. The highest BCUT2D eigenvalue weighted by atomic mass is 16.2. The maximum Gasteiger partial charge on any atom is 0.226 e. The van der Waals surface area contributed by atoms with Crippen LogP contribution in [0.2, 0.25) is 0 Å². The first-order valence-electron chi connectivity index (χ1n) is 9.31. The van der Waals surface area contributed by atoms with Crippen LogP contribution >= 0.6 is 0 Å². The second-order valence-electron chi connectivity index (χ2n) is 7.31. The largest absolute Gasteiger partial charge is 0.352 e. The van der Waals surface area contributed by atoms with Gasteiger partial charge in [-0.15, -0.1) is 0 Å². The Hall–Kier alpha value is -1.35. The number of rotatable bonds is 5. The molecule has 126 valence electrons. The Morgan fingerprint density at radius 2 is 1.83 bits per heavy atom. The van der Waals surface area contributed by atoms with E-state index in [1.807, 2.05) is 0 Å². The van der Waals surface area contributed by atoms with Gasteiger partial charge in [0.05, 0.1) is 5.41 Å². The lowest BCUT2D eigenvalue weighted by molar-refractivity contribution is -0.133. The third kappa shape index (κ3) is 3.77. The molecule has 3 nitrogen and oxygen atoms in total. The Kier molecular flexibility index (Phi) is 5.37. The monoisotopic (exact) mass is 314 g/mol. The van der Waals surface area contributed by atoms with Gasteiger partial charge in [-0.2, -0.15) is 0 Å². The van der Waals surface area contributed by atoms with Crippen LogP contribution in [0.3, 0.4) is 0 Å². The highest BCUT2D eigenvalue weighted by Crippen LogP contribution is 2.38. The number of nitrogens with one attached hydrogen (secondary N) is 1. The van der Waals surface area contributed by atoms with E-state index in [9.17, 15) is 4.79 Å². The van der Waals surface area contributed by atoms with Gasteiger partial charge in [-0.3, -0.25) is 4.79 Å². The number of fused-ring (bicyclic) bond motifs is 1. The molecule has 1 amide bonds. The van der Waals surface area contributed by atoms with Crippen molar-refractivity contribution in [1.29, 1.82) is 0 Å². The van der Waals surface area contributed by atoms with Gasteiger partial charge in [0.25, 0.3) is 0 Å². The van der Waals surface area contributed by atoms with Gasteiger partial charge >= 0.3 is 0 Å². The Balaban J connectivity index is 1.61. The Morgan fingerprint density at radius 3 is 2.57 bits per heavy atom. The molecule has 1 saturated heterocycles. The molecule has 1 aromatic rings. The Morgan fingerprint density at radius 1 is 1.09 bits per heavy atom. The normalized spacial score (nSPS) is 20.8. The van der Waals surface area contributed by atoms with Crippen LogP contribution in [0.15, 0.2) is 24.3 Å². The molecule has 1 spiro atoms. The zero-order valence-corrected chi connectivity index (χ0v) is 14.4. The van der Waals surface area contributed by atoms with Gasteiger partial charge in [-0.1, -0.05) is 50.5 Å². The van der Waals surface area contributed by atoms with E-state index < -0.39 is 0 Å². The second kappa shape index (κ2) is 7.48. The van der Waals surface area contributed by atoms with Crippen molar-refractivity contribution in [3.8, 4) is 0 Å². The van der Waals surface area contributed by atoms with Gasteiger partial charge in [0.15, 0.2) is 0 Å². The summed E-state index contributed by atoms with van der Waals surface area (Å²) in [6.45, 7) is 6.29. The van der Waals surface area contributed by atoms with Crippen LogP contribution in [0.25, 0.3) is 0 Å². The predicted octanol–water partition coefficient (Wildman–Crippen LogP) is 3.52. The summed E-state index contributed by atoms with van der Waals surface area (Å²) >= 11 is 0. The summed E-state index contributed by atoms with van der Waals surface area (Å²) in [6, 6.07) is 8.53. The van der Waals surface area contributed by atoms with E-state index >= 15 is 0 Å². The maximum absolute atomic E-state index is 12.7. The first-order valence-corrected chi connectivity index (χ1v) is 9.31. The molecule has 2 heterocycles. The third-order valence-electron chi connectivity index (χ3n) is 5.71. The van der Waals surface area contributed by atoms with Crippen molar-refractivity contribution in [3.63, 3.8) is 0 Å². The fraction of sp³-hybridized carbons (Fsp3) is 0.650. The summed E-state index contributed by atoms with van der Waals surface area (Å²) < 4.78 is 0. The molecule has 0 saturated carbocycles. The van der Waals surface area contributed by atoms with Crippen LogP contribution in [0.4, 0.5) is 0 Å². The zero-order valence-electron chi connectivity index (χ0n) is 14.4. The van der Waals surface area contributed by atoms with Crippen LogP contribution in [-0.2, 0) is 17.8 Å².